The van der Waals surface area contributed by atoms with E-state index in [0.29, 0.717) is 0 Å². The van der Waals surface area contributed by atoms with Crippen LogP contribution in [0.2, 0.25) is 0 Å². The largest absolute Gasteiger partial charge is 0.306 e. The lowest BCUT2D eigenvalue weighted by Gasteiger charge is -2.21. The van der Waals surface area contributed by atoms with E-state index in [1.807, 2.05) is 18.0 Å². The smallest absolute Gasteiger partial charge is 0.0994 e. The summed E-state index contributed by atoms with van der Waals surface area (Å²) in [4.78, 5) is 8.59. The van der Waals surface area contributed by atoms with Crippen LogP contribution in [-0.4, -0.2) is 20.1 Å². The molecular formula is C15H18N4S. The van der Waals surface area contributed by atoms with Gasteiger partial charge in [-0.1, -0.05) is 0 Å². The second-order valence-electron chi connectivity index (χ2n) is 5.86. The molecule has 0 aliphatic carbocycles. The maximum Gasteiger partial charge on any atom is 0.0994 e. The van der Waals surface area contributed by atoms with Crippen LogP contribution in [0.4, 0.5) is 0 Å². The molecule has 0 bridgehead atoms. The molecule has 0 spiro atoms. The highest BCUT2D eigenvalue weighted by Crippen LogP contribution is 2.22. The molecule has 5 heteroatoms. The van der Waals surface area contributed by atoms with Crippen molar-refractivity contribution in [2.75, 3.05) is 0 Å². The number of imidazole rings is 1. The molecule has 0 radical (unpaired) electrons. The van der Waals surface area contributed by atoms with Crippen LogP contribution in [-0.2, 0) is 6.54 Å². The Labute approximate surface area is 122 Å². The van der Waals surface area contributed by atoms with Crippen LogP contribution in [0.1, 0.15) is 26.5 Å². The number of rotatable bonds is 3. The number of aromatic nitrogens is 3. The first-order chi connectivity index (χ1) is 9.53. The van der Waals surface area contributed by atoms with Gasteiger partial charge in [-0.25, -0.2) is 9.97 Å². The lowest BCUT2D eigenvalue weighted by atomic mass is 10.1. The zero-order chi connectivity index (χ0) is 14.2. The van der Waals surface area contributed by atoms with E-state index in [1.54, 1.807) is 11.3 Å². The van der Waals surface area contributed by atoms with Crippen LogP contribution in [0.15, 0.2) is 36.2 Å². The molecule has 0 saturated carbocycles. The molecular weight excluding hydrogens is 268 g/mol. The van der Waals surface area contributed by atoms with E-state index in [1.165, 1.54) is 4.70 Å². The number of nitrogens with one attached hydrogen (secondary N) is 1. The van der Waals surface area contributed by atoms with E-state index in [-0.39, 0.29) is 5.54 Å². The zero-order valence-electron chi connectivity index (χ0n) is 11.9. The van der Waals surface area contributed by atoms with E-state index < -0.39 is 0 Å². The Bertz CT molecular complexity index is 721. The summed E-state index contributed by atoms with van der Waals surface area (Å²) in [7, 11) is 0. The van der Waals surface area contributed by atoms with Crippen molar-refractivity contribution in [3.63, 3.8) is 0 Å². The Balaban J connectivity index is 1.92. The zero-order valence-corrected chi connectivity index (χ0v) is 12.7. The molecule has 0 fully saturated rings. The Kier molecular flexibility index (Phi) is 3.31. The van der Waals surface area contributed by atoms with Gasteiger partial charge in [-0.2, -0.15) is 0 Å². The summed E-state index contributed by atoms with van der Waals surface area (Å²) in [5.74, 6) is 0. The van der Waals surface area contributed by atoms with Gasteiger partial charge in [0.15, 0.2) is 0 Å². The van der Waals surface area contributed by atoms with Crippen LogP contribution < -0.4 is 5.32 Å². The normalized spacial score (nSPS) is 12.2. The van der Waals surface area contributed by atoms with Crippen molar-refractivity contribution in [3.05, 3.63) is 41.9 Å². The number of benzene rings is 1. The van der Waals surface area contributed by atoms with Gasteiger partial charge in [-0.05, 0) is 39.0 Å². The van der Waals surface area contributed by atoms with E-state index in [9.17, 15) is 0 Å². The average Bonchev–Trinajstić information content (AvgIpc) is 3.03. The molecule has 1 N–H and O–H groups in total. The van der Waals surface area contributed by atoms with E-state index in [2.05, 4.69) is 58.8 Å². The van der Waals surface area contributed by atoms with Gasteiger partial charge in [-0.3, -0.25) is 0 Å². The fourth-order valence-electron chi connectivity index (χ4n) is 2.04. The van der Waals surface area contributed by atoms with Crippen molar-refractivity contribution in [2.24, 2.45) is 0 Å². The van der Waals surface area contributed by atoms with E-state index in [0.717, 1.165) is 23.4 Å². The fraction of sp³-hybridized carbons (Fsp3) is 0.333. The third kappa shape index (κ3) is 2.73. The highest BCUT2D eigenvalue weighted by Gasteiger charge is 2.11. The number of hydrogen-bond acceptors (Lipinski definition) is 4. The van der Waals surface area contributed by atoms with Crippen molar-refractivity contribution in [1.82, 2.24) is 19.9 Å². The summed E-state index contributed by atoms with van der Waals surface area (Å²) in [6.45, 7) is 7.29. The molecule has 1 aromatic carbocycles. The maximum absolute atomic E-state index is 4.31. The molecule has 104 valence electrons. The third-order valence-corrected chi connectivity index (χ3v) is 3.90. The standard InChI is InChI=1S/C15H18N4S/c1-15(2,3)18-8-12-7-16-9-19(12)11-4-5-13-14(6-11)20-10-17-13/h4-7,9-10,18H,8H2,1-3H3. The summed E-state index contributed by atoms with van der Waals surface area (Å²) in [5.41, 5.74) is 5.31. The second-order valence-corrected chi connectivity index (χ2v) is 6.75. The number of nitrogens with zero attached hydrogens (tertiary/aromatic N) is 3. The highest BCUT2D eigenvalue weighted by atomic mass is 32.1. The van der Waals surface area contributed by atoms with Gasteiger partial charge in [-0.15, -0.1) is 11.3 Å². The number of hydrogen-bond donors (Lipinski definition) is 1. The minimum absolute atomic E-state index is 0.0940. The molecule has 3 aromatic rings. The van der Waals surface area contributed by atoms with Crippen LogP contribution >= 0.6 is 11.3 Å². The minimum Gasteiger partial charge on any atom is -0.306 e. The van der Waals surface area contributed by atoms with E-state index in [4.69, 9.17) is 0 Å². The molecule has 0 atom stereocenters. The Morgan fingerprint density at radius 3 is 2.95 bits per heavy atom. The van der Waals surface area contributed by atoms with Crippen molar-refractivity contribution in [2.45, 2.75) is 32.9 Å². The number of thiazole rings is 1. The molecule has 2 heterocycles. The van der Waals surface area contributed by atoms with Crippen LogP contribution in [0.25, 0.3) is 15.9 Å². The summed E-state index contributed by atoms with van der Waals surface area (Å²) in [6.07, 6.45) is 3.78. The summed E-state index contributed by atoms with van der Waals surface area (Å²) < 4.78 is 3.32. The first kappa shape index (κ1) is 13.3. The molecule has 0 amide bonds. The minimum atomic E-state index is 0.0940. The van der Waals surface area contributed by atoms with Gasteiger partial charge in [0.1, 0.15) is 0 Å². The first-order valence-electron chi connectivity index (χ1n) is 6.63. The highest BCUT2D eigenvalue weighted by molar-refractivity contribution is 7.16. The summed E-state index contributed by atoms with van der Waals surface area (Å²) >= 11 is 1.66. The molecule has 3 rings (SSSR count). The van der Waals surface area contributed by atoms with Crippen molar-refractivity contribution in [1.29, 1.82) is 0 Å². The second kappa shape index (κ2) is 5.00. The van der Waals surface area contributed by atoms with Crippen LogP contribution in [0, 0.1) is 0 Å². The molecule has 0 aliphatic heterocycles. The van der Waals surface area contributed by atoms with Crippen LogP contribution in [0.3, 0.4) is 0 Å². The van der Waals surface area contributed by atoms with Gasteiger partial charge >= 0.3 is 0 Å². The predicted molar refractivity (Wildman–Crippen MR) is 83.3 cm³/mol. The summed E-state index contributed by atoms with van der Waals surface area (Å²) in [5, 5.41) is 3.50. The topological polar surface area (TPSA) is 42.7 Å². The van der Waals surface area contributed by atoms with Crippen molar-refractivity contribution in [3.8, 4) is 5.69 Å². The summed E-state index contributed by atoms with van der Waals surface area (Å²) in [6, 6.07) is 6.31. The average molecular weight is 286 g/mol. The molecule has 4 nitrogen and oxygen atoms in total. The molecule has 2 aromatic heterocycles. The molecule has 0 aliphatic rings. The Morgan fingerprint density at radius 1 is 1.30 bits per heavy atom. The lowest BCUT2D eigenvalue weighted by Crippen LogP contribution is -2.35. The SMILES string of the molecule is CC(C)(C)NCc1cncn1-c1ccc2ncsc2c1. The fourth-order valence-corrected chi connectivity index (χ4v) is 2.75. The van der Waals surface area contributed by atoms with Gasteiger partial charge < -0.3 is 9.88 Å². The van der Waals surface area contributed by atoms with Gasteiger partial charge in [0, 0.05) is 24.0 Å². The lowest BCUT2D eigenvalue weighted by molar-refractivity contribution is 0.419. The monoisotopic (exact) mass is 286 g/mol. The maximum atomic E-state index is 4.31. The third-order valence-electron chi connectivity index (χ3n) is 3.11. The Hall–Kier alpha value is -1.72. The van der Waals surface area contributed by atoms with Crippen molar-refractivity contribution < 1.29 is 0 Å². The molecule has 0 unspecified atom stereocenters. The van der Waals surface area contributed by atoms with Crippen molar-refractivity contribution >= 4 is 21.6 Å². The number of fused-ring (bicyclic) bond motifs is 1. The Morgan fingerprint density at radius 2 is 2.15 bits per heavy atom. The van der Waals surface area contributed by atoms with E-state index >= 15 is 0 Å². The first-order valence-corrected chi connectivity index (χ1v) is 7.51. The quantitative estimate of drug-likeness (QED) is 0.802. The predicted octanol–water partition coefficient (Wildman–Crippen LogP) is 3.37. The molecule has 0 saturated heterocycles. The van der Waals surface area contributed by atoms with Gasteiger partial charge in [0.05, 0.1) is 27.7 Å². The van der Waals surface area contributed by atoms with Gasteiger partial charge in [0.25, 0.3) is 0 Å². The molecule has 20 heavy (non-hydrogen) atoms. The van der Waals surface area contributed by atoms with Crippen LogP contribution in [0.5, 0.6) is 0 Å². The van der Waals surface area contributed by atoms with Gasteiger partial charge in [0.2, 0.25) is 0 Å².